The van der Waals surface area contributed by atoms with Gasteiger partial charge < -0.3 is 5.73 Å². The number of nitrogens with two attached hydrogens (primary N) is 1. The molecule has 0 fully saturated rings. The second-order valence-corrected chi connectivity index (χ2v) is 4.88. The fourth-order valence-corrected chi connectivity index (χ4v) is 2.45. The van der Waals surface area contributed by atoms with Crippen LogP contribution in [0.5, 0.6) is 0 Å². The van der Waals surface area contributed by atoms with Gasteiger partial charge in [-0.3, -0.25) is 9.88 Å². The van der Waals surface area contributed by atoms with Gasteiger partial charge >= 0.3 is 0 Å². The van der Waals surface area contributed by atoms with Crippen LogP contribution in [0.25, 0.3) is 0 Å². The van der Waals surface area contributed by atoms with E-state index in [4.69, 9.17) is 5.73 Å². The Morgan fingerprint density at radius 3 is 2.59 bits per heavy atom. The summed E-state index contributed by atoms with van der Waals surface area (Å²) in [6.07, 6.45) is 7.14. The first-order valence-corrected chi connectivity index (χ1v) is 6.23. The minimum absolute atomic E-state index is 0.129. The van der Waals surface area contributed by atoms with Crippen molar-refractivity contribution in [2.45, 2.75) is 32.4 Å². The summed E-state index contributed by atoms with van der Waals surface area (Å²) in [4.78, 5) is 6.52. The zero-order valence-corrected chi connectivity index (χ0v) is 10.6. The maximum absolute atomic E-state index is 6.15. The molecule has 2 heterocycles. The number of hydrogen-bond acceptors (Lipinski definition) is 3. The first-order valence-electron chi connectivity index (χ1n) is 6.23. The average Bonchev–Trinajstić information content (AvgIpc) is 2.33. The number of hydrogen-bond donors (Lipinski definition) is 1. The molecular formula is C14H21N3. The molecule has 0 aromatic carbocycles. The van der Waals surface area contributed by atoms with Crippen LogP contribution in [0.15, 0.2) is 36.2 Å². The first kappa shape index (κ1) is 12.3. The van der Waals surface area contributed by atoms with Gasteiger partial charge in [0.2, 0.25) is 0 Å². The molecule has 2 N–H and O–H groups in total. The molecular weight excluding hydrogens is 210 g/mol. The molecule has 1 aliphatic heterocycles. The van der Waals surface area contributed by atoms with Gasteiger partial charge in [0.25, 0.3) is 0 Å². The molecule has 1 aliphatic rings. The Bertz CT molecular complexity index is 384. The van der Waals surface area contributed by atoms with Crippen LogP contribution in [0.1, 0.15) is 31.9 Å². The summed E-state index contributed by atoms with van der Waals surface area (Å²) < 4.78 is 0. The molecule has 0 spiro atoms. The van der Waals surface area contributed by atoms with E-state index >= 15 is 0 Å². The van der Waals surface area contributed by atoms with E-state index in [1.54, 1.807) is 0 Å². The van der Waals surface area contributed by atoms with E-state index in [2.05, 4.69) is 41.9 Å². The second-order valence-electron chi connectivity index (χ2n) is 4.88. The van der Waals surface area contributed by atoms with Gasteiger partial charge in [-0.15, -0.1) is 0 Å². The predicted octanol–water partition coefficient (Wildman–Crippen LogP) is 2.12. The van der Waals surface area contributed by atoms with Gasteiger partial charge in [-0.05, 0) is 38.0 Å². The van der Waals surface area contributed by atoms with Gasteiger partial charge in [0.05, 0.1) is 6.04 Å². The van der Waals surface area contributed by atoms with Gasteiger partial charge in [0.15, 0.2) is 0 Å². The Labute approximate surface area is 103 Å². The van der Waals surface area contributed by atoms with Crippen molar-refractivity contribution >= 4 is 0 Å². The van der Waals surface area contributed by atoms with E-state index in [0.29, 0.717) is 6.04 Å². The van der Waals surface area contributed by atoms with Crippen molar-refractivity contribution in [2.24, 2.45) is 5.73 Å². The lowest BCUT2D eigenvalue weighted by Crippen LogP contribution is -2.41. The Kier molecular flexibility index (Phi) is 3.92. The number of rotatable bonds is 3. The van der Waals surface area contributed by atoms with Crippen LogP contribution in [0.4, 0.5) is 0 Å². The van der Waals surface area contributed by atoms with Crippen molar-refractivity contribution in [3.63, 3.8) is 0 Å². The van der Waals surface area contributed by atoms with Gasteiger partial charge in [-0.1, -0.05) is 11.6 Å². The van der Waals surface area contributed by atoms with E-state index in [1.807, 2.05) is 12.4 Å². The molecule has 2 rings (SSSR count). The minimum atomic E-state index is 0.129. The third-order valence-corrected chi connectivity index (χ3v) is 3.41. The summed E-state index contributed by atoms with van der Waals surface area (Å²) >= 11 is 0. The van der Waals surface area contributed by atoms with Crippen LogP contribution < -0.4 is 5.73 Å². The van der Waals surface area contributed by atoms with Crippen LogP contribution >= 0.6 is 0 Å². The molecule has 17 heavy (non-hydrogen) atoms. The van der Waals surface area contributed by atoms with Crippen molar-refractivity contribution in [2.75, 3.05) is 13.1 Å². The van der Waals surface area contributed by atoms with E-state index < -0.39 is 0 Å². The standard InChI is InChI=1S/C14H21N3/c1-11-5-9-17(10-6-11)14(12(2)15)13-3-7-16-8-4-13/h3-5,7-8,12,14H,6,9-10,15H2,1-2H3. The van der Waals surface area contributed by atoms with Crippen molar-refractivity contribution < 1.29 is 0 Å². The molecule has 2 unspecified atom stereocenters. The molecule has 0 bridgehead atoms. The Morgan fingerprint density at radius 2 is 2.06 bits per heavy atom. The molecule has 3 nitrogen and oxygen atoms in total. The van der Waals surface area contributed by atoms with E-state index in [9.17, 15) is 0 Å². The molecule has 0 saturated carbocycles. The highest BCUT2D eigenvalue weighted by Gasteiger charge is 2.24. The molecule has 92 valence electrons. The number of nitrogens with zero attached hydrogens (tertiary/aromatic N) is 2. The molecule has 2 atom stereocenters. The molecule has 0 aliphatic carbocycles. The Morgan fingerprint density at radius 1 is 1.35 bits per heavy atom. The quantitative estimate of drug-likeness (QED) is 0.810. The maximum Gasteiger partial charge on any atom is 0.0501 e. The summed E-state index contributed by atoms with van der Waals surface area (Å²) in [5.41, 5.74) is 8.90. The second kappa shape index (κ2) is 5.43. The smallest absolute Gasteiger partial charge is 0.0501 e. The fraction of sp³-hybridized carbons (Fsp3) is 0.500. The van der Waals surface area contributed by atoms with Crippen molar-refractivity contribution in [3.8, 4) is 0 Å². The lowest BCUT2D eigenvalue weighted by Gasteiger charge is -2.36. The Balaban J connectivity index is 2.19. The molecule has 1 aromatic heterocycles. The SMILES string of the molecule is CC1=CCN(C(c2ccncc2)C(C)N)CC1. The largest absolute Gasteiger partial charge is 0.326 e. The minimum Gasteiger partial charge on any atom is -0.326 e. The van der Waals surface area contributed by atoms with Crippen LogP contribution in [0.3, 0.4) is 0 Å². The van der Waals surface area contributed by atoms with Crippen LogP contribution in [-0.2, 0) is 0 Å². The van der Waals surface area contributed by atoms with Gasteiger partial charge in [0, 0.05) is 31.5 Å². The fourth-order valence-electron chi connectivity index (χ4n) is 2.45. The highest BCUT2D eigenvalue weighted by Crippen LogP contribution is 2.25. The highest BCUT2D eigenvalue weighted by molar-refractivity contribution is 5.18. The summed E-state index contributed by atoms with van der Waals surface area (Å²) in [5.74, 6) is 0. The zero-order chi connectivity index (χ0) is 12.3. The van der Waals surface area contributed by atoms with E-state index in [0.717, 1.165) is 19.5 Å². The lowest BCUT2D eigenvalue weighted by molar-refractivity contribution is 0.190. The van der Waals surface area contributed by atoms with E-state index in [-0.39, 0.29) is 6.04 Å². The third-order valence-electron chi connectivity index (χ3n) is 3.41. The van der Waals surface area contributed by atoms with Crippen LogP contribution in [0, 0.1) is 0 Å². The maximum atomic E-state index is 6.15. The predicted molar refractivity (Wildman–Crippen MR) is 70.6 cm³/mol. The molecule has 1 aromatic rings. The van der Waals surface area contributed by atoms with Gasteiger partial charge in [-0.25, -0.2) is 0 Å². The number of aromatic nitrogens is 1. The summed E-state index contributed by atoms with van der Waals surface area (Å²) in [6, 6.07) is 4.56. The zero-order valence-electron chi connectivity index (χ0n) is 10.6. The van der Waals surface area contributed by atoms with E-state index in [1.165, 1.54) is 11.1 Å². The normalized spacial score (nSPS) is 20.8. The molecule has 0 amide bonds. The third kappa shape index (κ3) is 2.93. The lowest BCUT2D eigenvalue weighted by atomic mass is 9.98. The average molecular weight is 231 g/mol. The molecule has 3 heteroatoms. The summed E-state index contributed by atoms with van der Waals surface area (Å²) in [6.45, 7) is 6.37. The summed E-state index contributed by atoms with van der Waals surface area (Å²) in [5, 5.41) is 0. The first-order chi connectivity index (χ1) is 8.18. The van der Waals surface area contributed by atoms with Gasteiger partial charge in [-0.2, -0.15) is 0 Å². The molecule has 0 radical (unpaired) electrons. The van der Waals surface area contributed by atoms with Crippen molar-refractivity contribution in [1.29, 1.82) is 0 Å². The van der Waals surface area contributed by atoms with Crippen molar-refractivity contribution in [3.05, 3.63) is 41.7 Å². The summed E-state index contributed by atoms with van der Waals surface area (Å²) in [7, 11) is 0. The van der Waals surface area contributed by atoms with Crippen LogP contribution in [-0.4, -0.2) is 29.0 Å². The Hall–Kier alpha value is -1.19. The highest BCUT2D eigenvalue weighted by atomic mass is 15.2. The van der Waals surface area contributed by atoms with Crippen molar-refractivity contribution in [1.82, 2.24) is 9.88 Å². The van der Waals surface area contributed by atoms with Crippen LogP contribution in [0.2, 0.25) is 0 Å². The van der Waals surface area contributed by atoms with Gasteiger partial charge in [0.1, 0.15) is 0 Å². The number of pyridine rings is 1. The molecule has 0 saturated heterocycles. The monoisotopic (exact) mass is 231 g/mol. The topological polar surface area (TPSA) is 42.2 Å².